The first-order valence-electron chi connectivity index (χ1n) is 5.76. The molecule has 0 heterocycles. The molecular weight excluding hydrogens is 253 g/mol. The van der Waals surface area contributed by atoms with Gasteiger partial charge in [-0.3, -0.25) is 9.59 Å². The SMILES string of the molecule is CNC(=O)C(CCC(=O)O)c1ccc(OC)c(F)c1. The summed E-state index contributed by atoms with van der Waals surface area (Å²) >= 11 is 0. The molecule has 0 saturated heterocycles. The Morgan fingerprint density at radius 2 is 2.16 bits per heavy atom. The molecule has 0 radical (unpaired) electrons. The molecule has 1 rings (SSSR count). The van der Waals surface area contributed by atoms with Gasteiger partial charge < -0.3 is 15.2 Å². The second-order valence-electron chi connectivity index (χ2n) is 3.99. The van der Waals surface area contributed by atoms with Crippen molar-refractivity contribution in [3.8, 4) is 5.75 Å². The van der Waals surface area contributed by atoms with Crippen LogP contribution >= 0.6 is 0 Å². The third-order valence-corrected chi connectivity index (χ3v) is 2.79. The molecule has 1 aromatic rings. The van der Waals surface area contributed by atoms with Crippen molar-refractivity contribution in [2.24, 2.45) is 0 Å². The molecular formula is C13H16FNO4. The normalized spacial score (nSPS) is 11.7. The summed E-state index contributed by atoms with van der Waals surface area (Å²) < 4.78 is 18.4. The lowest BCUT2D eigenvalue weighted by atomic mass is 9.93. The Balaban J connectivity index is 2.99. The van der Waals surface area contributed by atoms with Crippen LogP contribution in [0.15, 0.2) is 18.2 Å². The van der Waals surface area contributed by atoms with E-state index in [0.717, 1.165) is 0 Å². The van der Waals surface area contributed by atoms with Crippen LogP contribution in [-0.2, 0) is 9.59 Å². The van der Waals surface area contributed by atoms with Gasteiger partial charge in [-0.25, -0.2) is 4.39 Å². The molecule has 0 saturated carbocycles. The number of aliphatic carboxylic acids is 1. The number of nitrogens with one attached hydrogen (secondary N) is 1. The number of benzene rings is 1. The standard InChI is InChI=1S/C13H16FNO4/c1-15-13(18)9(4-6-12(16)17)8-3-5-11(19-2)10(14)7-8/h3,5,7,9H,4,6H2,1-2H3,(H,15,18)(H,16,17). The number of carbonyl (C=O) groups is 2. The van der Waals surface area contributed by atoms with Crippen molar-refractivity contribution in [1.82, 2.24) is 5.32 Å². The summed E-state index contributed by atoms with van der Waals surface area (Å²) in [5.41, 5.74) is 0.430. The van der Waals surface area contributed by atoms with Crippen LogP contribution < -0.4 is 10.1 Å². The third-order valence-electron chi connectivity index (χ3n) is 2.79. The van der Waals surface area contributed by atoms with Gasteiger partial charge in [0.2, 0.25) is 5.91 Å². The van der Waals surface area contributed by atoms with E-state index in [2.05, 4.69) is 5.32 Å². The molecule has 5 nitrogen and oxygen atoms in total. The van der Waals surface area contributed by atoms with Crippen LogP contribution in [0.4, 0.5) is 4.39 Å². The first-order chi connectivity index (χ1) is 8.99. The highest BCUT2D eigenvalue weighted by atomic mass is 19.1. The van der Waals surface area contributed by atoms with Crippen LogP contribution in [0.1, 0.15) is 24.3 Å². The molecule has 0 aliphatic carbocycles. The lowest BCUT2D eigenvalue weighted by Crippen LogP contribution is -2.26. The van der Waals surface area contributed by atoms with Crippen molar-refractivity contribution < 1.29 is 23.8 Å². The minimum absolute atomic E-state index is 0.0811. The summed E-state index contributed by atoms with van der Waals surface area (Å²) in [5, 5.41) is 11.1. The van der Waals surface area contributed by atoms with Crippen LogP contribution in [0.25, 0.3) is 0 Å². The summed E-state index contributed by atoms with van der Waals surface area (Å²) in [6, 6.07) is 4.17. The summed E-state index contributed by atoms with van der Waals surface area (Å²) in [6.07, 6.45) is -0.0491. The molecule has 1 unspecified atom stereocenters. The molecule has 0 aliphatic rings. The zero-order valence-electron chi connectivity index (χ0n) is 10.8. The number of methoxy groups -OCH3 is 1. The van der Waals surface area contributed by atoms with Crippen LogP contribution in [0.2, 0.25) is 0 Å². The third kappa shape index (κ3) is 3.94. The average Bonchev–Trinajstić information content (AvgIpc) is 2.38. The number of halogens is 1. The van der Waals surface area contributed by atoms with Gasteiger partial charge >= 0.3 is 5.97 Å². The van der Waals surface area contributed by atoms with Crippen molar-refractivity contribution in [1.29, 1.82) is 0 Å². The van der Waals surface area contributed by atoms with Crippen LogP contribution in [0.5, 0.6) is 5.75 Å². The smallest absolute Gasteiger partial charge is 0.303 e. The van der Waals surface area contributed by atoms with Gasteiger partial charge in [-0.2, -0.15) is 0 Å². The van der Waals surface area contributed by atoms with E-state index in [1.54, 1.807) is 6.07 Å². The highest BCUT2D eigenvalue weighted by molar-refractivity contribution is 5.84. The second-order valence-corrected chi connectivity index (χ2v) is 3.99. The molecule has 1 atom stereocenters. The Kier molecular flexibility index (Phi) is 5.29. The van der Waals surface area contributed by atoms with Crippen molar-refractivity contribution in [3.05, 3.63) is 29.6 Å². The maximum absolute atomic E-state index is 13.6. The fraction of sp³-hybridized carbons (Fsp3) is 0.385. The van der Waals surface area contributed by atoms with Gasteiger partial charge in [-0.05, 0) is 24.1 Å². The highest BCUT2D eigenvalue weighted by Crippen LogP contribution is 2.26. The monoisotopic (exact) mass is 269 g/mol. The number of likely N-dealkylation sites (N-methyl/N-ethyl adjacent to an activating group) is 1. The summed E-state index contributed by atoms with van der Waals surface area (Å²) in [6.45, 7) is 0. The Morgan fingerprint density at radius 3 is 2.63 bits per heavy atom. The highest BCUT2D eigenvalue weighted by Gasteiger charge is 2.21. The Morgan fingerprint density at radius 1 is 1.47 bits per heavy atom. The van der Waals surface area contributed by atoms with Gasteiger partial charge in [0, 0.05) is 13.5 Å². The number of carboxylic acid groups (broad SMARTS) is 1. The van der Waals surface area contributed by atoms with Crippen molar-refractivity contribution >= 4 is 11.9 Å². The largest absolute Gasteiger partial charge is 0.494 e. The number of hydrogen-bond acceptors (Lipinski definition) is 3. The van der Waals surface area contributed by atoms with Crippen molar-refractivity contribution in [2.45, 2.75) is 18.8 Å². The molecule has 0 aliphatic heterocycles. The van der Waals surface area contributed by atoms with Gasteiger partial charge in [0.25, 0.3) is 0 Å². The number of ether oxygens (including phenoxy) is 1. The summed E-state index contributed by atoms with van der Waals surface area (Å²) in [4.78, 5) is 22.3. The van der Waals surface area contributed by atoms with Gasteiger partial charge in [0.05, 0.1) is 13.0 Å². The first kappa shape index (κ1) is 14.9. The van der Waals surface area contributed by atoms with Gasteiger partial charge in [0.15, 0.2) is 11.6 Å². The minimum Gasteiger partial charge on any atom is -0.494 e. The quantitative estimate of drug-likeness (QED) is 0.821. The summed E-state index contributed by atoms with van der Waals surface area (Å²) in [7, 11) is 2.80. The molecule has 1 amide bonds. The van der Waals surface area contributed by atoms with E-state index in [1.807, 2.05) is 0 Å². The molecule has 0 bridgehead atoms. The van der Waals surface area contributed by atoms with Gasteiger partial charge in [0.1, 0.15) is 0 Å². The molecule has 0 fully saturated rings. The molecule has 6 heteroatoms. The van der Waals surface area contributed by atoms with E-state index in [4.69, 9.17) is 9.84 Å². The van der Waals surface area contributed by atoms with E-state index < -0.39 is 17.7 Å². The Labute approximate surface area is 110 Å². The molecule has 0 spiro atoms. The summed E-state index contributed by atoms with van der Waals surface area (Å²) in [5.74, 6) is -2.53. The number of carboxylic acids is 1. The van der Waals surface area contributed by atoms with Crippen LogP contribution in [0.3, 0.4) is 0 Å². The van der Waals surface area contributed by atoms with Crippen molar-refractivity contribution in [2.75, 3.05) is 14.2 Å². The zero-order valence-corrected chi connectivity index (χ0v) is 10.8. The Hall–Kier alpha value is -2.11. The van der Waals surface area contributed by atoms with Gasteiger partial charge in [-0.15, -0.1) is 0 Å². The fourth-order valence-electron chi connectivity index (χ4n) is 1.79. The zero-order chi connectivity index (χ0) is 14.4. The lowest BCUT2D eigenvalue weighted by molar-refractivity contribution is -0.137. The average molecular weight is 269 g/mol. The Bertz CT molecular complexity index is 476. The molecule has 104 valence electrons. The predicted octanol–water partition coefficient (Wildman–Crippen LogP) is 1.53. The maximum Gasteiger partial charge on any atom is 0.303 e. The number of carbonyl (C=O) groups excluding carboxylic acids is 1. The molecule has 2 N–H and O–H groups in total. The fourth-order valence-corrected chi connectivity index (χ4v) is 1.79. The minimum atomic E-state index is -0.997. The van der Waals surface area contributed by atoms with E-state index >= 15 is 0 Å². The second kappa shape index (κ2) is 6.72. The maximum atomic E-state index is 13.6. The van der Waals surface area contributed by atoms with E-state index in [9.17, 15) is 14.0 Å². The first-order valence-corrected chi connectivity index (χ1v) is 5.76. The van der Waals surface area contributed by atoms with Crippen LogP contribution in [-0.4, -0.2) is 31.1 Å². The van der Waals surface area contributed by atoms with E-state index in [1.165, 1.54) is 26.3 Å². The van der Waals surface area contributed by atoms with Crippen LogP contribution in [0, 0.1) is 5.82 Å². The van der Waals surface area contributed by atoms with E-state index in [0.29, 0.717) is 5.56 Å². The van der Waals surface area contributed by atoms with Gasteiger partial charge in [-0.1, -0.05) is 6.07 Å². The molecule has 1 aromatic carbocycles. The van der Waals surface area contributed by atoms with Crippen molar-refractivity contribution in [3.63, 3.8) is 0 Å². The number of amides is 1. The molecule has 0 aromatic heterocycles. The lowest BCUT2D eigenvalue weighted by Gasteiger charge is -2.15. The number of rotatable bonds is 6. The van der Waals surface area contributed by atoms with E-state index in [-0.39, 0.29) is 24.5 Å². The predicted molar refractivity (Wildman–Crippen MR) is 66.6 cm³/mol. The topological polar surface area (TPSA) is 75.6 Å². The molecule has 19 heavy (non-hydrogen) atoms. The number of hydrogen-bond donors (Lipinski definition) is 2.